The Bertz CT molecular complexity index is 349. The first-order valence-corrected chi connectivity index (χ1v) is 6.76. The lowest BCUT2D eigenvalue weighted by Gasteiger charge is -2.36. The van der Waals surface area contributed by atoms with E-state index in [2.05, 4.69) is 0 Å². The minimum Gasteiger partial charge on any atom is -0.755 e. The van der Waals surface area contributed by atoms with Gasteiger partial charge in [0.25, 0.3) is 0 Å². The molecular formula is C12H16NO2S-. The molecule has 1 aliphatic rings. The van der Waals surface area contributed by atoms with Crippen molar-refractivity contribution in [3.63, 3.8) is 0 Å². The van der Waals surface area contributed by atoms with E-state index >= 15 is 0 Å². The number of rotatable bonds is 3. The van der Waals surface area contributed by atoms with Crippen LogP contribution in [0.2, 0.25) is 0 Å². The summed E-state index contributed by atoms with van der Waals surface area (Å²) >= 11 is -2.17. The van der Waals surface area contributed by atoms with Crippen molar-refractivity contribution >= 4 is 17.0 Å². The summed E-state index contributed by atoms with van der Waals surface area (Å²) in [5.41, 5.74) is 0.780. The van der Waals surface area contributed by atoms with Crippen LogP contribution in [0, 0.1) is 0 Å². The van der Waals surface area contributed by atoms with Gasteiger partial charge in [0.1, 0.15) is 0 Å². The fourth-order valence-electron chi connectivity index (χ4n) is 2.31. The van der Waals surface area contributed by atoms with E-state index in [1.54, 1.807) is 0 Å². The Morgan fingerprint density at radius 3 is 2.31 bits per heavy atom. The molecule has 0 heterocycles. The fourth-order valence-corrected chi connectivity index (χ4v) is 3.06. The van der Waals surface area contributed by atoms with Crippen molar-refractivity contribution in [3.05, 3.63) is 30.3 Å². The van der Waals surface area contributed by atoms with Crippen LogP contribution in [0.4, 0.5) is 5.69 Å². The van der Waals surface area contributed by atoms with Crippen LogP contribution in [0.3, 0.4) is 0 Å². The van der Waals surface area contributed by atoms with Crippen LogP contribution in [0.1, 0.15) is 32.1 Å². The number of hydrogen-bond acceptors (Lipinski definition) is 2. The monoisotopic (exact) mass is 238 g/mol. The highest BCUT2D eigenvalue weighted by Gasteiger charge is 2.21. The third-order valence-corrected chi connectivity index (χ3v) is 3.91. The lowest BCUT2D eigenvalue weighted by atomic mass is 9.95. The van der Waals surface area contributed by atoms with E-state index in [9.17, 15) is 8.76 Å². The first kappa shape index (κ1) is 11.6. The van der Waals surface area contributed by atoms with Gasteiger partial charge < -0.3 is 4.55 Å². The Kier molecular flexibility index (Phi) is 3.96. The molecular weight excluding hydrogens is 222 g/mol. The molecule has 1 aliphatic carbocycles. The highest BCUT2D eigenvalue weighted by Crippen LogP contribution is 2.27. The molecule has 4 heteroatoms. The first-order chi connectivity index (χ1) is 7.79. The zero-order valence-corrected chi connectivity index (χ0v) is 9.99. The molecule has 1 aromatic carbocycles. The Hall–Kier alpha value is -0.870. The van der Waals surface area contributed by atoms with Crippen LogP contribution in [-0.2, 0) is 11.3 Å². The molecule has 1 unspecified atom stereocenters. The summed E-state index contributed by atoms with van der Waals surface area (Å²) in [4.78, 5) is 0. The molecule has 0 aliphatic heterocycles. The van der Waals surface area contributed by atoms with Gasteiger partial charge in [-0.15, -0.1) is 0 Å². The maximum Gasteiger partial charge on any atom is 0.0485 e. The minimum atomic E-state index is -2.17. The van der Waals surface area contributed by atoms with E-state index < -0.39 is 11.3 Å². The first-order valence-electron chi connectivity index (χ1n) is 5.72. The van der Waals surface area contributed by atoms with Crippen molar-refractivity contribution in [2.24, 2.45) is 0 Å². The molecule has 0 aromatic heterocycles. The molecule has 1 aromatic rings. The summed E-state index contributed by atoms with van der Waals surface area (Å²) < 4.78 is 24.2. The van der Waals surface area contributed by atoms with E-state index in [1.165, 1.54) is 10.7 Å². The molecule has 16 heavy (non-hydrogen) atoms. The SMILES string of the molecule is O=S([O-])N(c1ccccc1)C1CCCCC1. The summed E-state index contributed by atoms with van der Waals surface area (Å²) in [5.74, 6) is 0. The summed E-state index contributed by atoms with van der Waals surface area (Å²) in [6.45, 7) is 0. The second kappa shape index (κ2) is 5.46. The quantitative estimate of drug-likeness (QED) is 0.760. The maximum absolute atomic E-state index is 11.3. The Morgan fingerprint density at radius 1 is 1.12 bits per heavy atom. The van der Waals surface area contributed by atoms with Crippen LogP contribution in [0.15, 0.2) is 30.3 Å². The molecule has 0 spiro atoms. The number of para-hydroxylation sites is 1. The molecule has 1 atom stereocenters. The zero-order chi connectivity index (χ0) is 11.4. The third kappa shape index (κ3) is 2.62. The summed E-state index contributed by atoms with van der Waals surface area (Å²) in [7, 11) is 0. The van der Waals surface area contributed by atoms with Gasteiger partial charge in [-0.05, 0) is 25.0 Å². The van der Waals surface area contributed by atoms with E-state index in [4.69, 9.17) is 0 Å². The van der Waals surface area contributed by atoms with Gasteiger partial charge in [-0.2, -0.15) is 0 Å². The normalized spacial score (nSPS) is 19.3. The molecule has 3 nitrogen and oxygen atoms in total. The Labute approximate surface area is 98.9 Å². The molecule has 0 amide bonds. The largest absolute Gasteiger partial charge is 0.755 e. The number of nitrogens with zero attached hydrogens (tertiary/aromatic N) is 1. The van der Waals surface area contributed by atoms with Crippen molar-refractivity contribution in [1.82, 2.24) is 0 Å². The molecule has 0 saturated heterocycles. The van der Waals surface area contributed by atoms with E-state index in [0.717, 1.165) is 31.4 Å². The van der Waals surface area contributed by atoms with Gasteiger partial charge in [-0.3, -0.25) is 8.51 Å². The van der Waals surface area contributed by atoms with Crippen LogP contribution < -0.4 is 4.31 Å². The maximum atomic E-state index is 11.3. The highest BCUT2D eigenvalue weighted by molar-refractivity contribution is 7.80. The summed E-state index contributed by atoms with van der Waals surface area (Å²) in [5, 5.41) is 0. The number of anilines is 1. The number of hydrogen-bond donors (Lipinski definition) is 0. The molecule has 2 rings (SSSR count). The second-order valence-corrected chi connectivity index (χ2v) is 5.00. The highest BCUT2D eigenvalue weighted by atomic mass is 32.2. The third-order valence-electron chi connectivity index (χ3n) is 3.08. The second-order valence-electron chi connectivity index (χ2n) is 4.17. The average Bonchev–Trinajstić information content (AvgIpc) is 2.31. The molecule has 88 valence electrons. The van der Waals surface area contributed by atoms with E-state index in [0.29, 0.717) is 0 Å². The molecule has 0 radical (unpaired) electrons. The Morgan fingerprint density at radius 2 is 1.75 bits per heavy atom. The van der Waals surface area contributed by atoms with Crippen molar-refractivity contribution in [2.75, 3.05) is 4.31 Å². The van der Waals surface area contributed by atoms with Crippen LogP contribution in [0.25, 0.3) is 0 Å². The van der Waals surface area contributed by atoms with Crippen molar-refractivity contribution in [3.8, 4) is 0 Å². The predicted octanol–water partition coefficient (Wildman–Crippen LogP) is 2.62. The Balaban J connectivity index is 2.20. The van der Waals surface area contributed by atoms with Crippen molar-refractivity contribution < 1.29 is 8.76 Å². The lowest BCUT2D eigenvalue weighted by Crippen LogP contribution is -2.38. The van der Waals surface area contributed by atoms with E-state index in [1.807, 2.05) is 30.3 Å². The molecule has 0 N–H and O–H groups in total. The van der Waals surface area contributed by atoms with Crippen molar-refractivity contribution in [2.45, 2.75) is 38.1 Å². The lowest BCUT2D eigenvalue weighted by molar-refractivity contribution is 0.431. The molecule has 1 saturated carbocycles. The van der Waals surface area contributed by atoms with Gasteiger partial charge in [0, 0.05) is 23.0 Å². The summed E-state index contributed by atoms with van der Waals surface area (Å²) in [6, 6.07) is 9.50. The summed E-state index contributed by atoms with van der Waals surface area (Å²) in [6.07, 6.45) is 5.44. The van der Waals surface area contributed by atoms with Gasteiger partial charge in [0.15, 0.2) is 0 Å². The van der Waals surface area contributed by atoms with Crippen LogP contribution >= 0.6 is 0 Å². The average molecular weight is 238 g/mol. The van der Waals surface area contributed by atoms with Gasteiger partial charge in [-0.1, -0.05) is 37.5 Å². The minimum absolute atomic E-state index is 0.148. The van der Waals surface area contributed by atoms with Crippen LogP contribution in [0.5, 0.6) is 0 Å². The number of benzene rings is 1. The molecule has 0 bridgehead atoms. The van der Waals surface area contributed by atoms with Crippen LogP contribution in [-0.4, -0.2) is 14.8 Å². The van der Waals surface area contributed by atoms with Gasteiger partial charge in [0.2, 0.25) is 0 Å². The smallest absolute Gasteiger partial charge is 0.0485 e. The topological polar surface area (TPSA) is 43.4 Å². The van der Waals surface area contributed by atoms with Gasteiger partial charge in [-0.25, -0.2) is 0 Å². The zero-order valence-electron chi connectivity index (χ0n) is 9.17. The van der Waals surface area contributed by atoms with Gasteiger partial charge in [0.05, 0.1) is 0 Å². The molecule has 1 fully saturated rings. The van der Waals surface area contributed by atoms with Crippen molar-refractivity contribution in [1.29, 1.82) is 0 Å². The fraction of sp³-hybridized carbons (Fsp3) is 0.500. The van der Waals surface area contributed by atoms with E-state index in [-0.39, 0.29) is 6.04 Å². The standard InChI is InChI=1S/C12H17NO2S/c14-16(15)13(11-7-3-1-4-8-11)12-9-5-2-6-10-12/h1,3-4,7-8,12H,2,5-6,9-10H2,(H,14,15)/p-1. The van der Waals surface area contributed by atoms with Gasteiger partial charge >= 0.3 is 0 Å². The predicted molar refractivity (Wildman–Crippen MR) is 64.7 cm³/mol.